The van der Waals surface area contributed by atoms with Crippen molar-refractivity contribution in [2.45, 2.75) is 25.2 Å². The van der Waals surface area contributed by atoms with Crippen molar-refractivity contribution < 1.29 is 9.53 Å². The molecule has 1 saturated heterocycles. The molecule has 1 atom stereocenters. The number of morpholine rings is 1. The number of nitrogens with two attached hydrogens (primary N) is 2. The van der Waals surface area contributed by atoms with Gasteiger partial charge in [0, 0.05) is 18.0 Å². The molecular formula is C13H19N5O2S. The summed E-state index contributed by atoms with van der Waals surface area (Å²) in [7, 11) is 0. The molecule has 1 fully saturated rings. The molecule has 1 aromatic heterocycles. The summed E-state index contributed by atoms with van der Waals surface area (Å²) in [5.74, 6) is -0.0102. The van der Waals surface area contributed by atoms with Crippen LogP contribution in [0.2, 0.25) is 0 Å². The lowest BCUT2D eigenvalue weighted by atomic mass is 9.90. The van der Waals surface area contributed by atoms with Crippen LogP contribution < -0.4 is 11.5 Å². The molecule has 4 N–H and O–H groups in total. The van der Waals surface area contributed by atoms with Crippen LogP contribution in [-0.2, 0) is 16.0 Å². The lowest BCUT2D eigenvalue weighted by molar-refractivity contribution is -0.137. The Morgan fingerprint density at radius 2 is 2.14 bits per heavy atom. The normalized spacial score (nSPS) is 21.7. The number of ether oxygens (including phenoxy) is 1. The minimum atomic E-state index is -0.161. The molecule has 1 unspecified atom stereocenters. The molecule has 114 valence electrons. The molecule has 8 heteroatoms. The maximum Gasteiger partial charge on any atom is 0.231 e. The van der Waals surface area contributed by atoms with Crippen LogP contribution in [0.4, 0.5) is 5.13 Å². The first-order valence-corrected chi connectivity index (χ1v) is 7.92. The third-order valence-electron chi connectivity index (χ3n) is 3.79. The van der Waals surface area contributed by atoms with Crippen LogP contribution in [0.25, 0.3) is 0 Å². The Balaban J connectivity index is 1.84. The molecule has 1 aliphatic heterocycles. The number of aromatic nitrogens is 1. The summed E-state index contributed by atoms with van der Waals surface area (Å²) in [5.41, 5.74) is 11.7. The summed E-state index contributed by atoms with van der Waals surface area (Å²) in [5, 5.41) is 0.543. The molecule has 0 aromatic carbocycles. The minimum absolute atomic E-state index is 0.00264. The average molecular weight is 309 g/mol. The highest BCUT2D eigenvalue weighted by molar-refractivity contribution is 7.15. The van der Waals surface area contributed by atoms with Gasteiger partial charge in [0.2, 0.25) is 11.0 Å². The van der Waals surface area contributed by atoms with Crippen LogP contribution in [-0.4, -0.2) is 48.1 Å². The second kappa shape index (κ2) is 5.98. The van der Waals surface area contributed by atoms with Crippen LogP contribution in [0.5, 0.6) is 0 Å². The van der Waals surface area contributed by atoms with Gasteiger partial charge in [-0.2, -0.15) is 4.99 Å². The summed E-state index contributed by atoms with van der Waals surface area (Å²) < 4.78 is 5.30. The molecule has 1 aromatic rings. The van der Waals surface area contributed by atoms with Crippen molar-refractivity contribution in [2.24, 2.45) is 16.5 Å². The van der Waals surface area contributed by atoms with Gasteiger partial charge >= 0.3 is 0 Å². The van der Waals surface area contributed by atoms with E-state index >= 15 is 0 Å². The number of amides is 1. The Kier molecular flexibility index (Phi) is 4.07. The zero-order valence-corrected chi connectivity index (χ0v) is 12.6. The number of carbonyl (C=O) groups excluding carboxylic acids is 1. The van der Waals surface area contributed by atoms with Crippen LogP contribution in [0, 0.1) is 0 Å². The van der Waals surface area contributed by atoms with E-state index < -0.39 is 0 Å². The number of aryl methyl sites for hydroxylation is 1. The molecule has 1 amide bonds. The van der Waals surface area contributed by atoms with Crippen LogP contribution in [0.15, 0.2) is 4.99 Å². The lowest BCUT2D eigenvalue weighted by Crippen LogP contribution is -2.43. The first-order valence-electron chi connectivity index (χ1n) is 7.11. The highest BCUT2D eigenvalue weighted by Gasteiger charge is 2.33. The number of rotatable bonds is 2. The smallest absolute Gasteiger partial charge is 0.231 e. The number of thiazole rings is 1. The van der Waals surface area contributed by atoms with Gasteiger partial charge in [0.15, 0.2) is 5.96 Å². The standard InChI is InChI=1S/C13H19N5O2S/c14-12(15)17-13-16-10-8(2-1-3-9(10)21-13)11(19)18-4-6-20-7-5-18/h8H,1-7H2,(H4,14,15,16,17). The number of hydrogen-bond acceptors (Lipinski definition) is 5. The maximum absolute atomic E-state index is 12.7. The van der Waals surface area contributed by atoms with Crippen molar-refractivity contribution in [1.82, 2.24) is 9.88 Å². The fourth-order valence-corrected chi connectivity index (χ4v) is 3.86. The third-order valence-corrected chi connectivity index (χ3v) is 4.81. The summed E-state index contributed by atoms with van der Waals surface area (Å²) in [4.78, 5) is 24.2. The van der Waals surface area contributed by atoms with Crippen molar-refractivity contribution in [1.29, 1.82) is 0 Å². The van der Waals surface area contributed by atoms with Gasteiger partial charge in [0.1, 0.15) is 0 Å². The van der Waals surface area contributed by atoms with Crippen molar-refractivity contribution >= 4 is 28.3 Å². The number of fused-ring (bicyclic) bond motifs is 1. The van der Waals surface area contributed by atoms with Gasteiger partial charge in [-0.1, -0.05) is 11.3 Å². The first kappa shape index (κ1) is 14.3. The van der Waals surface area contributed by atoms with Gasteiger partial charge in [0.05, 0.1) is 24.8 Å². The Labute approximate surface area is 127 Å². The van der Waals surface area contributed by atoms with E-state index in [1.165, 1.54) is 11.3 Å². The minimum Gasteiger partial charge on any atom is -0.378 e. The van der Waals surface area contributed by atoms with Crippen molar-refractivity contribution in [2.75, 3.05) is 26.3 Å². The predicted molar refractivity (Wildman–Crippen MR) is 80.7 cm³/mol. The first-order chi connectivity index (χ1) is 10.1. The Bertz CT molecular complexity index is 561. The molecule has 1 aliphatic carbocycles. The molecule has 0 spiro atoms. The number of nitrogens with zero attached hydrogens (tertiary/aromatic N) is 3. The van der Waals surface area contributed by atoms with Gasteiger partial charge in [0.25, 0.3) is 0 Å². The number of carbonyl (C=O) groups is 1. The largest absolute Gasteiger partial charge is 0.378 e. The molecule has 0 radical (unpaired) electrons. The summed E-state index contributed by atoms with van der Waals surface area (Å²) in [6, 6.07) is 0. The number of guanidine groups is 1. The summed E-state index contributed by atoms with van der Waals surface area (Å²) >= 11 is 1.48. The molecule has 2 aliphatic rings. The fourth-order valence-electron chi connectivity index (χ4n) is 2.81. The Morgan fingerprint density at radius 1 is 1.38 bits per heavy atom. The van der Waals surface area contributed by atoms with Crippen LogP contribution in [0.1, 0.15) is 29.3 Å². The molecule has 0 bridgehead atoms. The van der Waals surface area contributed by atoms with Crippen LogP contribution >= 0.6 is 11.3 Å². The van der Waals surface area contributed by atoms with Gasteiger partial charge in [-0.15, -0.1) is 0 Å². The number of hydrogen-bond donors (Lipinski definition) is 2. The predicted octanol–water partition coefficient (Wildman–Crippen LogP) is 0.327. The molecule has 0 saturated carbocycles. The molecular weight excluding hydrogens is 290 g/mol. The average Bonchev–Trinajstić information content (AvgIpc) is 2.88. The van der Waals surface area contributed by atoms with E-state index in [2.05, 4.69) is 9.98 Å². The van der Waals surface area contributed by atoms with E-state index in [1.807, 2.05) is 4.90 Å². The van der Waals surface area contributed by atoms with Crippen LogP contribution in [0.3, 0.4) is 0 Å². The van der Waals surface area contributed by atoms with Crippen molar-refractivity contribution in [3.63, 3.8) is 0 Å². The van der Waals surface area contributed by atoms with E-state index in [0.717, 1.165) is 29.8 Å². The van der Waals surface area contributed by atoms with Crippen molar-refractivity contribution in [3.05, 3.63) is 10.6 Å². The van der Waals surface area contributed by atoms with Gasteiger partial charge in [-0.05, 0) is 19.3 Å². The number of aliphatic imine (C=N–C) groups is 1. The van der Waals surface area contributed by atoms with E-state index in [4.69, 9.17) is 16.2 Å². The quantitative estimate of drug-likeness (QED) is 0.604. The summed E-state index contributed by atoms with van der Waals surface area (Å²) in [6.45, 7) is 2.55. The third kappa shape index (κ3) is 3.01. The molecule has 2 heterocycles. The second-order valence-electron chi connectivity index (χ2n) is 5.22. The fraction of sp³-hybridized carbons (Fsp3) is 0.615. The highest BCUT2D eigenvalue weighted by Crippen LogP contribution is 2.38. The zero-order chi connectivity index (χ0) is 14.8. The van der Waals surface area contributed by atoms with Gasteiger partial charge in [-0.3, -0.25) is 4.79 Å². The lowest BCUT2D eigenvalue weighted by Gasteiger charge is -2.31. The van der Waals surface area contributed by atoms with E-state index in [1.54, 1.807) is 0 Å². The molecule has 21 heavy (non-hydrogen) atoms. The zero-order valence-electron chi connectivity index (χ0n) is 11.7. The van der Waals surface area contributed by atoms with E-state index in [9.17, 15) is 4.79 Å². The highest BCUT2D eigenvalue weighted by atomic mass is 32.1. The van der Waals surface area contributed by atoms with Gasteiger partial charge < -0.3 is 21.1 Å². The molecule has 3 rings (SSSR count). The monoisotopic (exact) mass is 309 g/mol. The van der Waals surface area contributed by atoms with E-state index in [-0.39, 0.29) is 17.8 Å². The Hall–Kier alpha value is -1.67. The van der Waals surface area contributed by atoms with E-state index in [0.29, 0.717) is 31.4 Å². The van der Waals surface area contributed by atoms with Crippen molar-refractivity contribution in [3.8, 4) is 0 Å². The molecule has 7 nitrogen and oxygen atoms in total. The van der Waals surface area contributed by atoms with Gasteiger partial charge in [-0.25, -0.2) is 4.98 Å². The second-order valence-corrected chi connectivity index (χ2v) is 6.29. The SMILES string of the molecule is NC(N)=Nc1nc2c(s1)CCCC2C(=O)N1CCOCC1. The summed E-state index contributed by atoms with van der Waals surface area (Å²) in [6.07, 6.45) is 2.78. The topological polar surface area (TPSA) is 107 Å². The maximum atomic E-state index is 12.7. The Morgan fingerprint density at radius 3 is 2.86 bits per heavy atom.